The molecule has 0 N–H and O–H groups in total. The van der Waals surface area contributed by atoms with Crippen LogP contribution in [0.1, 0.15) is 0 Å². The predicted molar refractivity (Wildman–Crippen MR) is 609 cm³/mol. The molecule has 0 amide bonds. The molecule has 704 valence electrons. The van der Waals surface area contributed by atoms with Gasteiger partial charge in [0.15, 0.2) is 34.9 Å². The summed E-state index contributed by atoms with van der Waals surface area (Å²) in [6.45, 7) is 0. The Morgan fingerprint density at radius 3 is 0.765 bits per heavy atom. The number of nitrogens with zero attached hydrogens (tertiary/aromatic N) is 11. The second kappa shape index (κ2) is 44.7. The maximum Gasteiger partial charge on any atom is 3.00 e. The molecule has 0 radical (unpaired) electrons. The van der Waals surface area contributed by atoms with Crippen molar-refractivity contribution in [1.82, 2.24) is 54.0 Å². The van der Waals surface area contributed by atoms with Crippen LogP contribution < -0.4 is 0 Å². The van der Waals surface area contributed by atoms with Gasteiger partial charge < -0.3 is 24.1 Å². The SMILES string of the molecule is [Ir+3].[c-]1ccc(-c2ccccc2)cc1-c1ccccn1.[c-]1ccccc1-c1ccccn1.[c-]1ccccc1-c1ccccn1.c1ccc(-c2ccc(-n3c4ccccc4c4cc(-c5ccc6c(c5)c5ccccc5n6-c5ccccc5)ccc43)cc2)cc1.c1ccc(-c2nc(-c3ccccc3)nc(-c3ccc(-c4c(-c5ccc(-c6nc(-c7ccccc7)nc(-c7ccccc7)n6)cc5)c5ccccc5c5ccccc45)cc3)n2)cc1. The summed E-state index contributed by atoms with van der Waals surface area (Å²) < 4.78 is 4.76. The van der Waals surface area contributed by atoms with E-state index in [1.54, 1.807) is 18.6 Å². The van der Waals surface area contributed by atoms with Crippen molar-refractivity contribution >= 4 is 65.2 Å². The van der Waals surface area contributed by atoms with Crippen LogP contribution in [0.4, 0.5) is 0 Å². The molecule has 27 rings (SSSR count). The fraction of sp³-hybridized carbons (Fsp3) is 0. The van der Waals surface area contributed by atoms with E-state index in [1.807, 2.05) is 249 Å². The van der Waals surface area contributed by atoms with Gasteiger partial charge in [-0.1, -0.05) is 394 Å². The Bertz CT molecular complexity index is 8680. The third-order valence-electron chi connectivity index (χ3n) is 26.3. The van der Waals surface area contributed by atoms with Gasteiger partial charge in [0.2, 0.25) is 0 Å². The van der Waals surface area contributed by atoms with E-state index in [4.69, 9.17) is 29.9 Å². The van der Waals surface area contributed by atoms with Crippen molar-refractivity contribution in [2.45, 2.75) is 0 Å². The minimum absolute atomic E-state index is 0. The average Bonchev–Trinajstić information content (AvgIpc) is 1.67. The maximum absolute atomic E-state index is 5.00. The minimum Gasteiger partial charge on any atom is -0.309 e. The molecule has 0 unspecified atom stereocenters. The monoisotopic (exact) mass is 2080 g/mol. The normalized spacial score (nSPS) is 10.9. The molecule has 27 aromatic rings. The molecule has 0 atom stereocenters. The third kappa shape index (κ3) is 20.8. The summed E-state index contributed by atoms with van der Waals surface area (Å²) in [6.07, 6.45) is 5.38. The van der Waals surface area contributed by atoms with E-state index in [-0.39, 0.29) is 20.1 Å². The van der Waals surface area contributed by atoms with E-state index in [0.717, 1.165) is 89.4 Å². The topological polar surface area (TPSA) is 126 Å². The number of hydrogen-bond acceptors (Lipinski definition) is 9. The number of rotatable bonds is 16. The van der Waals surface area contributed by atoms with E-state index < -0.39 is 0 Å². The van der Waals surface area contributed by atoms with Crippen LogP contribution in [0.15, 0.2) is 558 Å². The van der Waals surface area contributed by atoms with E-state index in [2.05, 4.69) is 333 Å². The quantitative estimate of drug-likeness (QED) is 0.0686. The van der Waals surface area contributed by atoms with Crippen molar-refractivity contribution in [3.05, 3.63) is 577 Å². The van der Waals surface area contributed by atoms with Crippen molar-refractivity contribution < 1.29 is 20.1 Å². The molecule has 20 aromatic carbocycles. The number of para-hydroxylation sites is 3. The fourth-order valence-corrected chi connectivity index (χ4v) is 19.2. The number of benzene rings is 20. The molecule has 0 saturated heterocycles. The van der Waals surface area contributed by atoms with Crippen LogP contribution in [0.3, 0.4) is 0 Å². The summed E-state index contributed by atoms with van der Waals surface area (Å²) in [6, 6.07) is 196. The van der Waals surface area contributed by atoms with Gasteiger partial charge in [0.1, 0.15) is 0 Å². The molecule has 12 heteroatoms. The van der Waals surface area contributed by atoms with Gasteiger partial charge in [-0.3, -0.25) is 0 Å². The Hall–Kier alpha value is -19.4. The predicted octanol–water partition coefficient (Wildman–Crippen LogP) is 34.2. The van der Waals surface area contributed by atoms with Gasteiger partial charge >= 0.3 is 20.1 Å². The molecule has 0 aliphatic heterocycles. The smallest absolute Gasteiger partial charge is 0.309 e. The molecule has 7 aromatic heterocycles. The average molecular weight is 2080 g/mol. The van der Waals surface area contributed by atoms with Crippen LogP contribution in [0, 0.1) is 18.2 Å². The number of pyridine rings is 3. The molecule has 0 aliphatic carbocycles. The molecule has 0 aliphatic rings. The van der Waals surface area contributed by atoms with Crippen LogP contribution in [-0.2, 0) is 20.1 Å². The van der Waals surface area contributed by atoms with Crippen LogP contribution in [0.25, 0.3) is 234 Å². The van der Waals surface area contributed by atoms with Gasteiger partial charge in [0.25, 0.3) is 0 Å². The van der Waals surface area contributed by atoms with Crippen LogP contribution in [0.2, 0.25) is 0 Å². The minimum atomic E-state index is 0. The summed E-state index contributed by atoms with van der Waals surface area (Å²) in [5, 5.41) is 9.81. The first-order valence-corrected chi connectivity index (χ1v) is 49.4. The van der Waals surface area contributed by atoms with Crippen molar-refractivity contribution in [1.29, 1.82) is 0 Å². The Morgan fingerprint density at radius 2 is 0.409 bits per heavy atom. The number of fused-ring (bicyclic) bond motifs is 9. The molecule has 7 heterocycles. The summed E-state index contributed by atoms with van der Waals surface area (Å²) >= 11 is 0. The first-order chi connectivity index (χ1) is 73.4. The van der Waals surface area contributed by atoms with Gasteiger partial charge in [-0.15, -0.1) is 107 Å². The molecule has 0 bridgehead atoms. The van der Waals surface area contributed by atoms with Gasteiger partial charge in [-0.25, -0.2) is 29.9 Å². The van der Waals surface area contributed by atoms with E-state index in [1.165, 1.54) is 110 Å². The first kappa shape index (κ1) is 94.5. The van der Waals surface area contributed by atoms with E-state index in [9.17, 15) is 0 Å². The largest absolute Gasteiger partial charge is 3.00 e. The zero-order valence-electron chi connectivity index (χ0n) is 80.9. The Labute approximate surface area is 878 Å². The molecule has 149 heavy (non-hydrogen) atoms. The van der Waals surface area contributed by atoms with Gasteiger partial charge in [0.05, 0.1) is 22.1 Å². The molecule has 0 fully saturated rings. The van der Waals surface area contributed by atoms with Crippen molar-refractivity contribution in [3.8, 4) is 169 Å². The molecule has 0 spiro atoms. The summed E-state index contributed by atoms with van der Waals surface area (Å²) in [5.41, 5.74) is 30.6. The Balaban J connectivity index is 0.000000123. The second-order valence-electron chi connectivity index (χ2n) is 35.5. The Kier molecular flexibility index (Phi) is 28.3. The third-order valence-corrected chi connectivity index (χ3v) is 26.3. The van der Waals surface area contributed by atoms with Gasteiger partial charge in [-0.2, -0.15) is 0 Å². The number of hydrogen-bond donors (Lipinski definition) is 0. The molecule has 11 nitrogen and oxygen atoms in total. The van der Waals surface area contributed by atoms with Crippen LogP contribution >= 0.6 is 0 Å². The van der Waals surface area contributed by atoms with Crippen molar-refractivity contribution in [2.75, 3.05) is 0 Å². The molecular weight excluding hydrogens is 1990 g/mol. The van der Waals surface area contributed by atoms with Gasteiger partial charge in [-0.05, 0) is 168 Å². The zero-order chi connectivity index (χ0) is 98.9. The van der Waals surface area contributed by atoms with Gasteiger partial charge in [0, 0.05) is 84.9 Å². The van der Waals surface area contributed by atoms with Crippen LogP contribution in [0.5, 0.6) is 0 Å². The standard InChI is InChI=1S/C56H36N6.C42H28N2.C17H12N.2C11H8N.Ir/c1-5-17-39(18-6-1)51-57-52(40-19-7-2-8-20-40)60-55(59-51)43-33-29-37(30-34-43)49-47-27-15-13-25-45(47)46-26-14-16-28-48(46)50(49)38-31-35-44(36-32-38)56-61-53(41-21-9-3-10-22-41)58-54(62-56)42-23-11-4-12-24-42;1-3-11-29(12-4-1)30-19-23-34(24-20-30)44-40-18-10-8-16-36(40)38-28-32(22-26-42(38)44)31-21-25-41-37(27-31)35-15-7-9-17-39(35)43(41)33-13-5-2-6-14-33;1-2-7-14(8-3-1)15-9-6-10-16(13-15)17-11-4-5-12-18-17;2*1-2-6-10(7-3-1)11-8-4-5-9-12-11;/h1-36H;1-28H;1-9,11-13H;2*1-6,8-9H;/q;;3*-1;+3. The zero-order valence-corrected chi connectivity index (χ0v) is 83.3. The summed E-state index contributed by atoms with van der Waals surface area (Å²) in [7, 11) is 0. The molecule has 0 saturated carbocycles. The maximum atomic E-state index is 5.00. The first-order valence-electron chi connectivity index (χ1n) is 49.4. The van der Waals surface area contributed by atoms with E-state index in [0.29, 0.717) is 34.9 Å². The molecular formula is C137H92IrN11. The summed E-state index contributed by atoms with van der Waals surface area (Å²) in [5.74, 6) is 3.77. The van der Waals surface area contributed by atoms with Crippen molar-refractivity contribution in [3.63, 3.8) is 0 Å². The summed E-state index contributed by atoms with van der Waals surface area (Å²) in [4.78, 5) is 42.6. The Morgan fingerprint density at radius 1 is 0.154 bits per heavy atom. The fourth-order valence-electron chi connectivity index (χ4n) is 19.2. The number of aromatic nitrogens is 11. The van der Waals surface area contributed by atoms with Crippen LogP contribution in [-0.4, -0.2) is 54.0 Å². The van der Waals surface area contributed by atoms with E-state index >= 15 is 0 Å². The van der Waals surface area contributed by atoms with Crippen molar-refractivity contribution in [2.24, 2.45) is 0 Å². The second-order valence-corrected chi connectivity index (χ2v) is 35.5.